The highest BCUT2D eigenvalue weighted by Crippen LogP contribution is 2.20. The number of hydrogen-bond donors (Lipinski definition) is 2. The van der Waals surface area contributed by atoms with Crippen LogP contribution in [0.1, 0.15) is 17.9 Å². The molecule has 6 heteroatoms. The van der Waals surface area contributed by atoms with Crippen molar-refractivity contribution >= 4 is 5.97 Å². The van der Waals surface area contributed by atoms with E-state index in [4.69, 9.17) is 10.8 Å². The number of rotatable bonds is 3. The molecule has 3 N–H and O–H groups in total. The van der Waals surface area contributed by atoms with Gasteiger partial charge >= 0.3 is 5.97 Å². The number of carboxylic acids is 1. The average molecular weight is 236 g/mol. The van der Waals surface area contributed by atoms with Gasteiger partial charge in [-0.2, -0.15) is 0 Å². The van der Waals surface area contributed by atoms with Gasteiger partial charge in [0.25, 0.3) is 0 Å². The van der Waals surface area contributed by atoms with Crippen LogP contribution in [0.15, 0.2) is 12.3 Å². The molecule has 1 aliphatic rings. The number of aryl methyl sites for hydroxylation is 1. The Balaban J connectivity index is 2.01. The van der Waals surface area contributed by atoms with Crippen LogP contribution in [-0.2, 0) is 11.3 Å². The van der Waals surface area contributed by atoms with Gasteiger partial charge in [-0.1, -0.05) is 0 Å². The summed E-state index contributed by atoms with van der Waals surface area (Å²) < 4.78 is 0. The zero-order chi connectivity index (χ0) is 12.5. The first-order chi connectivity index (χ1) is 7.99. The standard InChI is InChI=1S/C11H16N4O2/c1-8-13-4-2-9(14-8)6-15-5-3-11(12,7-15)10(16)17/h2,4H,3,5-7,12H2,1H3,(H,16,17). The molecule has 1 fully saturated rings. The molecule has 2 heterocycles. The maximum absolute atomic E-state index is 11.0. The minimum Gasteiger partial charge on any atom is -0.480 e. The molecule has 0 saturated carbocycles. The van der Waals surface area contributed by atoms with E-state index in [2.05, 4.69) is 9.97 Å². The van der Waals surface area contributed by atoms with E-state index in [1.54, 1.807) is 6.20 Å². The fraction of sp³-hybridized carbons (Fsp3) is 0.545. The summed E-state index contributed by atoms with van der Waals surface area (Å²) in [5, 5.41) is 9.02. The number of carboxylic acid groups (broad SMARTS) is 1. The van der Waals surface area contributed by atoms with E-state index in [9.17, 15) is 4.79 Å². The van der Waals surface area contributed by atoms with Crippen molar-refractivity contribution in [1.82, 2.24) is 14.9 Å². The Morgan fingerprint density at radius 2 is 2.47 bits per heavy atom. The van der Waals surface area contributed by atoms with Crippen molar-refractivity contribution in [2.75, 3.05) is 13.1 Å². The zero-order valence-electron chi connectivity index (χ0n) is 9.76. The Bertz CT molecular complexity index is 437. The fourth-order valence-corrected chi connectivity index (χ4v) is 2.05. The van der Waals surface area contributed by atoms with Gasteiger partial charge in [-0.25, -0.2) is 9.97 Å². The second kappa shape index (κ2) is 4.38. The first kappa shape index (κ1) is 11.9. The third-order valence-electron chi connectivity index (χ3n) is 3.03. The topological polar surface area (TPSA) is 92.3 Å². The lowest BCUT2D eigenvalue weighted by atomic mass is 10.0. The predicted octanol–water partition coefficient (Wildman–Crippen LogP) is -0.227. The van der Waals surface area contributed by atoms with Crippen LogP contribution < -0.4 is 5.73 Å². The summed E-state index contributed by atoms with van der Waals surface area (Å²) in [6.45, 7) is 3.50. The highest BCUT2D eigenvalue weighted by Gasteiger charge is 2.41. The van der Waals surface area contributed by atoms with Crippen molar-refractivity contribution in [3.8, 4) is 0 Å². The van der Waals surface area contributed by atoms with Crippen molar-refractivity contribution in [2.45, 2.75) is 25.4 Å². The molecule has 2 rings (SSSR count). The summed E-state index contributed by atoms with van der Waals surface area (Å²) in [5.41, 5.74) is 5.59. The molecule has 1 saturated heterocycles. The SMILES string of the molecule is Cc1nccc(CN2CCC(N)(C(=O)O)C2)n1. The molecule has 0 amide bonds. The van der Waals surface area contributed by atoms with Crippen molar-refractivity contribution in [3.63, 3.8) is 0 Å². The molecular weight excluding hydrogens is 220 g/mol. The van der Waals surface area contributed by atoms with Crippen LogP contribution in [0.3, 0.4) is 0 Å². The smallest absolute Gasteiger partial charge is 0.325 e. The van der Waals surface area contributed by atoms with E-state index in [0.717, 1.165) is 11.5 Å². The maximum Gasteiger partial charge on any atom is 0.325 e. The summed E-state index contributed by atoms with van der Waals surface area (Å²) in [5.74, 6) is -0.210. The molecule has 6 nitrogen and oxygen atoms in total. The zero-order valence-corrected chi connectivity index (χ0v) is 9.76. The quantitative estimate of drug-likeness (QED) is 0.753. The Morgan fingerprint density at radius 1 is 1.71 bits per heavy atom. The van der Waals surface area contributed by atoms with Crippen LogP contribution in [-0.4, -0.2) is 44.6 Å². The average Bonchev–Trinajstić information content (AvgIpc) is 2.61. The number of carbonyl (C=O) groups is 1. The molecule has 17 heavy (non-hydrogen) atoms. The Hall–Kier alpha value is -1.53. The second-order valence-corrected chi connectivity index (χ2v) is 4.52. The van der Waals surface area contributed by atoms with Crippen molar-refractivity contribution in [2.24, 2.45) is 5.73 Å². The van der Waals surface area contributed by atoms with E-state index in [1.165, 1.54) is 0 Å². The Morgan fingerprint density at radius 3 is 3.06 bits per heavy atom. The molecule has 0 aliphatic carbocycles. The van der Waals surface area contributed by atoms with Gasteiger partial charge in [0.2, 0.25) is 0 Å². The first-order valence-corrected chi connectivity index (χ1v) is 5.53. The van der Waals surface area contributed by atoms with E-state index in [0.29, 0.717) is 26.1 Å². The fourth-order valence-electron chi connectivity index (χ4n) is 2.05. The number of aliphatic carboxylic acids is 1. The van der Waals surface area contributed by atoms with Gasteiger partial charge in [-0.05, 0) is 19.4 Å². The highest BCUT2D eigenvalue weighted by atomic mass is 16.4. The summed E-state index contributed by atoms with van der Waals surface area (Å²) in [6, 6.07) is 1.84. The van der Waals surface area contributed by atoms with Gasteiger partial charge in [0.1, 0.15) is 11.4 Å². The molecule has 1 aromatic rings. The lowest BCUT2D eigenvalue weighted by molar-refractivity contribution is -0.142. The first-order valence-electron chi connectivity index (χ1n) is 5.53. The van der Waals surface area contributed by atoms with Crippen molar-refractivity contribution in [3.05, 3.63) is 23.8 Å². The molecule has 0 spiro atoms. The molecular formula is C11H16N4O2. The Labute approximate surface area is 99.5 Å². The highest BCUT2D eigenvalue weighted by molar-refractivity contribution is 5.79. The molecule has 0 bridgehead atoms. The van der Waals surface area contributed by atoms with Crippen molar-refractivity contribution in [1.29, 1.82) is 0 Å². The molecule has 92 valence electrons. The molecule has 1 unspecified atom stereocenters. The van der Waals surface area contributed by atoms with Crippen LogP contribution in [0.4, 0.5) is 0 Å². The van der Waals surface area contributed by atoms with E-state index < -0.39 is 11.5 Å². The molecule has 0 radical (unpaired) electrons. The summed E-state index contributed by atoms with van der Waals surface area (Å²) >= 11 is 0. The number of aromatic nitrogens is 2. The lowest BCUT2D eigenvalue weighted by Crippen LogP contribution is -2.50. The predicted molar refractivity (Wildman–Crippen MR) is 61.2 cm³/mol. The third-order valence-corrected chi connectivity index (χ3v) is 3.03. The molecule has 1 atom stereocenters. The number of likely N-dealkylation sites (tertiary alicyclic amines) is 1. The van der Waals surface area contributed by atoms with Crippen molar-refractivity contribution < 1.29 is 9.90 Å². The van der Waals surface area contributed by atoms with Gasteiger partial charge in [0.15, 0.2) is 0 Å². The third kappa shape index (κ3) is 2.59. The normalized spacial score (nSPS) is 25.1. The monoisotopic (exact) mass is 236 g/mol. The van der Waals surface area contributed by atoms with Gasteiger partial charge in [-0.3, -0.25) is 9.69 Å². The van der Waals surface area contributed by atoms with E-state index in [-0.39, 0.29) is 0 Å². The van der Waals surface area contributed by atoms with Crippen LogP contribution in [0, 0.1) is 6.92 Å². The number of nitrogens with two attached hydrogens (primary N) is 1. The minimum atomic E-state index is -1.11. The number of nitrogens with zero attached hydrogens (tertiary/aromatic N) is 3. The second-order valence-electron chi connectivity index (χ2n) is 4.52. The van der Waals surface area contributed by atoms with Gasteiger partial charge < -0.3 is 10.8 Å². The van der Waals surface area contributed by atoms with Crippen LogP contribution in [0.2, 0.25) is 0 Å². The van der Waals surface area contributed by atoms with Gasteiger partial charge in [0, 0.05) is 25.8 Å². The van der Waals surface area contributed by atoms with Crippen LogP contribution >= 0.6 is 0 Å². The molecule has 0 aromatic carbocycles. The maximum atomic E-state index is 11.0. The van der Waals surface area contributed by atoms with E-state index in [1.807, 2.05) is 17.9 Å². The Kier molecular flexibility index (Phi) is 3.08. The molecule has 1 aromatic heterocycles. The van der Waals surface area contributed by atoms with Gasteiger partial charge in [0.05, 0.1) is 5.69 Å². The number of hydrogen-bond acceptors (Lipinski definition) is 5. The summed E-state index contributed by atoms with van der Waals surface area (Å²) in [7, 11) is 0. The molecule has 1 aliphatic heterocycles. The van der Waals surface area contributed by atoms with Gasteiger partial charge in [-0.15, -0.1) is 0 Å². The largest absolute Gasteiger partial charge is 0.480 e. The minimum absolute atomic E-state index is 0.366. The van der Waals surface area contributed by atoms with E-state index >= 15 is 0 Å². The summed E-state index contributed by atoms with van der Waals surface area (Å²) in [6.07, 6.45) is 2.19. The van der Waals surface area contributed by atoms with Crippen LogP contribution in [0.25, 0.3) is 0 Å². The lowest BCUT2D eigenvalue weighted by Gasteiger charge is -2.19. The van der Waals surface area contributed by atoms with Crippen LogP contribution in [0.5, 0.6) is 0 Å². The summed E-state index contributed by atoms with van der Waals surface area (Å²) in [4.78, 5) is 21.3.